The molecule has 1 aliphatic rings. The van der Waals surface area contributed by atoms with Gasteiger partial charge in [-0.25, -0.2) is 9.67 Å². The third-order valence-electron chi connectivity index (χ3n) is 5.52. The summed E-state index contributed by atoms with van der Waals surface area (Å²) in [5.41, 5.74) is 2.59. The molecule has 3 rings (SSSR count). The van der Waals surface area contributed by atoms with Gasteiger partial charge in [0.1, 0.15) is 12.4 Å². The lowest BCUT2D eigenvalue weighted by molar-refractivity contribution is 0.177. The largest absolute Gasteiger partial charge is 0.377 e. The molecule has 0 fully saturated rings. The van der Waals surface area contributed by atoms with Gasteiger partial charge in [-0.1, -0.05) is 38.1 Å². The number of guanidine groups is 1. The molecule has 1 aromatic heterocycles. The molecule has 1 unspecified atom stereocenters. The van der Waals surface area contributed by atoms with E-state index >= 15 is 0 Å². The molecule has 30 heavy (non-hydrogen) atoms. The number of fused-ring (bicyclic) bond motifs is 1. The van der Waals surface area contributed by atoms with E-state index in [1.807, 2.05) is 11.7 Å². The van der Waals surface area contributed by atoms with Crippen LogP contribution in [0, 0.1) is 0 Å². The molecule has 0 saturated carbocycles. The quantitative estimate of drug-likeness (QED) is 0.483. The molecule has 2 heterocycles. The Morgan fingerprint density at radius 2 is 1.97 bits per heavy atom. The van der Waals surface area contributed by atoms with Crippen LogP contribution in [0.3, 0.4) is 0 Å². The minimum Gasteiger partial charge on any atom is -0.377 e. The second kappa shape index (κ2) is 11.1. The number of aromatic nitrogens is 3. The molecule has 2 aromatic rings. The number of methoxy groups -OCH3 is 1. The van der Waals surface area contributed by atoms with Gasteiger partial charge < -0.3 is 15.4 Å². The van der Waals surface area contributed by atoms with Crippen molar-refractivity contribution in [3.8, 4) is 0 Å². The summed E-state index contributed by atoms with van der Waals surface area (Å²) in [5, 5.41) is 11.5. The molecular formula is C22H35N7O. The van der Waals surface area contributed by atoms with Crippen LogP contribution in [-0.2, 0) is 37.4 Å². The van der Waals surface area contributed by atoms with Crippen LogP contribution in [0.25, 0.3) is 0 Å². The van der Waals surface area contributed by atoms with Crippen molar-refractivity contribution in [2.24, 2.45) is 4.99 Å². The van der Waals surface area contributed by atoms with Gasteiger partial charge in [-0.05, 0) is 30.6 Å². The maximum Gasteiger partial charge on any atom is 0.191 e. The third-order valence-corrected chi connectivity index (χ3v) is 5.52. The van der Waals surface area contributed by atoms with Crippen LogP contribution in [0.2, 0.25) is 0 Å². The van der Waals surface area contributed by atoms with Crippen LogP contribution in [0.4, 0.5) is 0 Å². The van der Waals surface area contributed by atoms with Gasteiger partial charge in [-0.15, -0.1) is 0 Å². The number of nitrogens with one attached hydrogen (secondary N) is 2. The van der Waals surface area contributed by atoms with Gasteiger partial charge in [0.05, 0.1) is 6.54 Å². The first kappa shape index (κ1) is 22.2. The van der Waals surface area contributed by atoms with E-state index in [0.717, 1.165) is 63.2 Å². The summed E-state index contributed by atoms with van der Waals surface area (Å²) in [7, 11) is 3.47. The van der Waals surface area contributed by atoms with Crippen LogP contribution in [0.1, 0.15) is 43.0 Å². The van der Waals surface area contributed by atoms with Crippen LogP contribution in [0.15, 0.2) is 29.3 Å². The van der Waals surface area contributed by atoms with E-state index in [2.05, 4.69) is 68.7 Å². The molecule has 1 atom stereocenters. The standard InChI is InChI=1S/C22H35N7O/c1-5-28(6-2)14-18-9-7-17(8-10-18)13-24-22(23-3)25-19-11-12-21-26-20(16-30-4)27-29(21)15-19/h7-10,19H,5-6,11-16H2,1-4H3,(H2,23,24,25). The highest BCUT2D eigenvalue weighted by Gasteiger charge is 2.22. The number of hydrogen-bond donors (Lipinski definition) is 2. The van der Waals surface area contributed by atoms with Crippen molar-refractivity contribution in [3.05, 3.63) is 47.0 Å². The molecule has 0 amide bonds. The van der Waals surface area contributed by atoms with E-state index < -0.39 is 0 Å². The molecule has 0 bridgehead atoms. The Morgan fingerprint density at radius 3 is 2.63 bits per heavy atom. The summed E-state index contributed by atoms with van der Waals surface area (Å²) in [6.45, 7) is 9.54. The van der Waals surface area contributed by atoms with Crippen molar-refractivity contribution in [1.29, 1.82) is 0 Å². The molecule has 8 heteroatoms. The minimum absolute atomic E-state index is 0.275. The lowest BCUT2D eigenvalue weighted by Gasteiger charge is -2.25. The summed E-state index contributed by atoms with van der Waals surface area (Å²) >= 11 is 0. The molecule has 164 valence electrons. The van der Waals surface area contributed by atoms with Crippen LogP contribution in [-0.4, -0.2) is 58.9 Å². The number of rotatable bonds is 9. The topological polar surface area (TPSA) is 79.6 Å². The molecule has 2 N–H and O–H groups in total. The Labute approximate surface area is 179 Å². The van der Waals surface area contributed by atoms with Crippen LogP contribution in [0.5, 0.6) is 0 Å². The first-order chi connectivity index (χ1) is 14.6. The number of benzene rings is 1. The van der Waals surface area contributed by atoms with Crippen molar-refractivity contribution in [2.75, 3.05) is 27.2 Å². The molecule has 0 aliphatic carbocycles. The number of aryl methyl sites for hydroxylation is 1. The average molecular weight is 414 g/mol. The highest BCUT2D eigenvalue weighted by atomic mass is 16.5. The van der Waals surface area contributed by atoms with Gasteiger partial charge in [0.2, 0.25) is 0 Å². The summed E-state index contributed by atoms with van der Waals surface area (Å²) in [4.78, 5) is 11.3. The van der Waals surface area contributed by atoms with Crippen molar-refractivity contribution in [2.45, 2.75) is 59.0 Å². The number of hydrogen-bond acceptors (Lipinski definition) is 5. The van der Waals surface area contributed by atoms with Gasteiger partial charge in [-0.2, -0.15) is 5.10 Å². The van der Waals surface area contributed by atoms with Crippen LogP contribution < -0.4 is 10.6 Å². The number of aliphatic imine (C=N–C) groups is 1. The fourth-order valence-corrected chi connectivity index (χ4v) is 3.71. The van der Waals surface area contributed by atoms with Gasteiger partial charge >= 0.3 is 0 Å². The van der Waals surface area contributed by atoms with E-state index in [-0.39, 0.29) is 6.04 Å². The molecule has 1 aromatic carbocycles. The highest BCUT2D eigenvalue weighted by molar-refractivity contribution is 5.79. The normalized spacial score (nSPS) is 16.6. The summed E-state index contributed by atoms with van der Waals surface area (Å²) in [6, 6.07) is 9.10. The lowest BCUT2D eigenvalue weighted by atomic mass is 10.1. The monoisotopic (exact) mass is 413 g/mol. The zero-order valence-corrected chi connectivity index (χ0v) is 18.7. The summed E-state index contributed by atoms with van der Waals surface area (Å²) < 4.78 is 7.12. The number of ether oxygens (including phenoxy) is 1. The fraction of sp³-hybridized carbons (Fsp3) is 0.591. The lowest BCUT2D eigenvalue weighted by Crippen LogP contribution is -2.46. The van der Waals surface area contributed by atoms with Crippen LogP contribution >= 0.6 is 0 Å². The van der Waals surface area contributed by atoms with Crippen molar-refractivity contribution < 1.29 is 4.74 Å². The molecule has 0 saturated heterocycles. The van der Waals surface area contributed by atoms with E-state index in [1.54, 1.807) is 7.11 Å². The zero-order valence-electron chi connectivity index (χ0n) is 18.7. The fourth-order valence-electron chi connectivity index (χ4n) is 3.71. The van der Waals surface area contributed by atoms with E-state index in [1.165, 1.54) is 11.1 Å². The Morgan fingerprint density at radius 1 is 1.23 bits per heavy atom. The Kier molecular flexibility index (Phi) is 8.21. The van der Waals surface area contributed by atoms with E-state index in [4.69, 9.17) is 4.74 Å². The van der Waals surface area contributed by atoms with Crippen molar-refractivity contribution >= 4 is 5.96 Å². The average Bonchev–Trinajstić information content (AvgIpc) is 3.17. The molecule has 0 radical (unpaired) electrons. The van der Waals surface area contributed by atoms with Crippen molar-refractivity contribution in [3.63, 3.8) is 0 Å². The first-order valence-electron chi connectivity index (χ1n) is 10.8. The Bertz CT molecular complexity index is 811. The van der Waals surface area contributed by atoms with Crippen molar-refractivity contribution in [1.82, 2.24) is 30.3 Å². The maximum atomic E-state index is 5.14. The molecular weight excluding hydrogens is 378 g/mol. The minimum atomic E-state index is 0.275. The van der Waals surface area contributed by atoms with E-state index in [0.29, 0.717) is 6.61 Å². The second-order valence-corrected chi connectivity index (χ2v) is 7.64. The SMILES string of the molecule is CCN(CC)Cc1ccc(CNC(=NC)NC2CCc3nc(COC)nn3C2)cc1. The summed E-state index contributed by atoms with van der Waals surface area (Å²) in [5.74, 6) is 2.60. The van der Waals surface area contributed by atoms with Gasteiger partial charge in [0.25, 0.3) is 0 Å². The first-order valence-corrected chi connectivity index (χ1v) is 10.8. The predicted molar refractivity (Wildman–Crippen MR) is 119 cm³/mol. The smallest absolute Gasteiger partial charge is 0.191 e. The maximum absolute atomic E-state index is 5.14. The predicted octanol–water partition coefficient (Wildman–Crippen LogP) is 1.95. The van der Waals surface area contributed by atoms with Gasteiger partial charge in [0, 0.05) is 39.7 Å². The number of nitrogens with zero attached hydrogens (tertiary/aromatic N) is 5. The molecule has 0 spiro atoms. The Hall–Kier alpha value is -2.45. The second-order valence-electron chi connectivity index (χ2n) is 7.64. The Balaban J connectivity index is 1.49. The molecule has 8 nitrogen and oxygen atoms in total. The third kappa shape index (κ3) is 6.03. The van der Waals surface area contributed by atoms with Gasteiger partial charge in [-0.3, -0.25) is 9.89 Å². The summed E-state index contributed by atoms with van der Waals surface area (Å²) in [6.07, 6.45) is 1.91. The highest BCUT2D eigenvalue weighted by Crippen LogP contribution is 2.13. The zero-order chi connectivity index (χ0) is 21.3. The van der Waals surface area contributed by atoms with E-state index in [9.17, 15) is 0 Å². The van der Waals surface area contributed by atoms with Gasteiger partial charge in [0.15, 0.2) is 11.8 Å². The molecule has 1 aliphatic heterocycles.